The molecule has 22 heavy (non-hydrogen) atoms. The van der Waals surface area contributed by atoms with Crippen molar-refractivity contribution in [3.05, 3.63) is 63.7 Å². The van der Waals surface area contributed by atoms with Crippen LogP contribution in [0.25, 0.3) is 0 Å². The van der Waals surface area contributed by atoms with Crippen LogP contribution in [0.5, 0.6) is 0 Å². The minimum atomic E-state index is -0.454. The number of anilines is 2. The van der Waals surface area contributed by atoms with Gasteiger partial charge in [0.05, 0.1) is 4.92 Å². The Morgan fingerprint density at radius 1 is 1.14 bits per heavy atom. The largest absolute Gasteiger partial charge is 0.331 e. The van der Waals surface area contributed by atoms with Crippen LogP contribution < -0.4 is 16.2 Å². The first-order chi connectivity index (χ1) is 10.5. The quantitative estimate of drug-likeness (QED) is 0.455. The van der Waals surface area contributed by atoms with Crippen molar-refractivity contribution in [2.45, 2.75) is 13.8 Å². The summed E-state index contributed by atoms with van der Waals surface area (Å²) in [6.07, 6.45) is 0. The van der Waals surface area contributed by atoms with Crippen LogP contribution in [0.2, 0.25) is 0 Å². The Morgan fingerprint density at radius 2 is 1.77 bits per heavy atom. The molecule has 0 saturated heterocycles. The van der Waals surface area contributed by atoms with Gasteiger partial charge in [0.25, 0.3) is 5.69 Å². The summed E-state index contributed by atoms with van der Waals surface area (Å²) in [5, 5.41) is 14.3. The second-order valence-corrected chi connectivity index (χ2v) is 5.26. The zero-order chi connectivity index (χ0) is 16.1. The van der Waals surface area contributed by atoms with Crippen LogP contribution in [0.15, 0.2) is 42.5 Å². The van der Waals surface area contributed by atoms with Gasteiger partial charge in [-0.3, -0.25) is 21.0 Å². The molecule has 0 aliphatic carbocycles. The maximum atomic E-state index is 10.9. The van der Waals surface area contributed by atoms with Crippen molar-refractivity contribution in [3.63, 3.8) is 0 Å². The molecule has 0 unspecified atom stereocenters. The van der Waals surface area contributed by atoms with Gasteiger partial charge in [-0.1, -0.05) is 18.2 Å². The lowest BCUT2D eigenvalue weighted by molar-refractivity contribution is -0.384. The van der Waals surface area contributed by atoms with Gasteiger partial charge in [0.2, 0.25) is 0 Å². The Balaban J connectivity index is 2.00. The van der Waals surface area contributed by atoms with Gasteiger partial charge >= 0.3 is 0 Å². The summed E-state index contributed by atoms with van der Waals surface area (Å²) in [6.45, 7) is 4.00. The number of nitrogens with one attached hydrogen (secondary N) is 3. The monoisotopic (exact) mass is 316 g/mol. The van der Waals surface area contributed by atoms with E-state index in [9.17, 15) is 10.1 Å². The van der Waals surface area contributed by atoms with E-state index in [0.29, 0.717) is 10.8 Å². The smallest absolute Gasteiger partial charge is 0.294 e. The molecule has 7 heteroatoms. The van der Waals surface area contributed by atoms with Gasteiger partial charge < -0.3 is 5.32 Å². The number of rotatable bonds is 4. The van der Waals surface area contributed by atoms with E-state index in [1.54, 1.807) is 18.2 Å². The van der Waals surface area contributed by atoms with Crippen LogP contribution in [0.1, 0.15) is 11.1 Å². The van der Waals surface area contributed by atoms with Gasteiger partial charge in [-0.25, -0.2) is 0 Å². The summed E-state index contributed by atoms with van der Waals surface area (Å²) < 4.78 is 0. The molecule has 0 amide bonds. The van der Waals surface area contributed by atoms with Crippen LogP contribution in [0, 0.1) is 24.0 Å². The predicted octanol–water partition coefficient (Wildman–Crippen LogP) is 3.53. The number of para-hydroxylation sites is 2. The van der Waals surface area contributed by atoms with E-state index in [-0.39, 0.29) is 5.69 Å². The van der Waals surface area contributed by atoms with Crippen molar-refractivity contribution < 1.29 is 4.92 Å². The van der Waals surface area contributed by atoms with Crippen LogP contribution in [0.4, 0.5) is 17.1 Å². The molecule has 0 fully saturated rings. The number of thiocarbonyl (C=S) groups is 1. The highest BCUT2D eigenvalue weighted by Gasteiger charge is 2.11. The SMILES string of the molecule is Cc1cc(C)cc(NC(=S)NNc2ccccc2[N+](=O)[O-])c1. The van der Waals surface area contributed by atoms with Crippen molar-refractivity contribution in [1.82, 2.24) is 5.43 Å². The minimum Gasteiger partial charge on any atom is -0.331 e. The van der Waals surface area contributed by atoms with Crippen molar-refractivity contribution in [3.8, 4) is 0 Å². The molecule has 6 nitrogen and oxygen atoms in total. The normalized spacial score (nSPS) is 9.91. The number of aryl methyl sites for hydroxylation is 2. The fourth-order valence-corrected chi connectivity index (χ4v) is 2.24. The fraction of sp³-hybridized carbons (Fsp3) is 0.133. The molecule has 114 valence electrons. The summed E-state index contributed by atoms with van der Waals surface area (Å²) in [5.74, 6) is 0. The first-order valence-corrected chi connectivity index (χ1v) is 7.01. The Kier molecular flexibility index (Phi) is 4.90. The zero-order valence-corrected chi connectivity index (χ0v) is 13.0. The first kappa shape index (κ1) is 15.7. The number of hydrogen-bond donors (Lipinski definition) is 3. The van der Waals surface area contributed by atoms with E-state index < -0.39 is 4.92 Å². The maximum Gasteiger partial charge on any atom is 0.294 e. The first-order valence-electron chi connectivity index (χ1n) is 6.60. The number of nitro groups is 1. The van der Waals surface area contributed by atoms with E-state index in [2.05, 4.69) is 22.2 Å². The molecule has 2 aromatic carbocycles. The van der Waals surface area contributed by atoms with Crippen molar-refractivity contribution in [2.24, 2.45) is 0 Å². The summed E-state index contributed by atoms with van der Waals surface area (Å²) in [5.41, 5.74) is 8.92. The molecule has 3 N–H and O–H groups in total. The van der Waals surface area contributed by atoms with E-state index in [1.807, 2.05) is 26.0 Å². The van der Waals surface area contributed by atoms with Gasteiger partial charge in [-0.2, -0.15) is 0 Å². The molecule has 0 saturated carbocycles. The summed E-state index contributed by atoms with van der Waals surface area (Å²) >= 11 is 5.18. The molecule has 0 aliphatic rings. The van der Waals surface area contributed by atoms with Gasteiger partial charge in [0.15, 0.2) is 5.11 Å². The van der Waals surface area contributed by atoms with Crippen LogP contribution >= 0.6 is 12.2 Å². The molecule has 2 rings (SSSR count). The highest BCUT2D eigenvalue weighted by Crippen LogP contribution is 2.22. The maximum absolute atomic E-state index is 10.9. The van der Waals surface area contributed by atoms with Crippen LogP contribution in [0.3, 0.4) is 0 Å². The van der Waals surface area contributed by atoms with Gasteiger partial charge in [0.1, 0.15) is 5.69 Å². The van der Waals surface area contributed by atoms with Gasteiger partial charge in [-0.15, -0.1) is 0 Å². The molecule has 0 radical (unpaired) electrons. The number of hydrogen-bond acceptors (Lipinski definition) is 4. The standard InChI is InChI=1S/C15H16N4O2S/c1-10-7-11(2)9-12(8-10)16-15(22)18-17-13-5-3-4-6-14(13)19(20)21/h3-9,17H,1-2H3,(H2,16,18,22). The molecule has 0 heterocycles. The minimum absolute atomic E-state index is 0.0239. The fourth-order valence-electron chi connectivity index (χ4n) is 2.07. The third kappa shape index (κ3) is 4.16. The molecule has 0 bridgehead atoms. The molecular weight excluding hydrogens is 300 g/mol. The number of nitrogens with zero attached hydrogens (tertiary/aromatic N) is 1. The lowest BCUT2D eigenvalue weighted by atomic mass is 10.1. The average Bonchev–Trinajstić information content (AvgIpc) is 2.44. The molecular formula is C15H16N4O2S. The second-order valence-electron chi connectivity index (χ2n) is 4.85. The average molecular weight is 316 g/mol. The van der Waals surface area contributed by atoms with E-state index in [1.165, 1.54) is 6.07 Å². The Morgan fingerprint density at radius 3 is 2.41 bits per heavy atom. The molecule has 0 atom stereocenters. The summed E-state index contributed by atoms with van der Waals surface area (Å²) in [4.78, 5) is 10.5. The lowest BCUT2D eigenvalue weighted by Gasteiger charge is -2.13. The summed E-state index contributed by atoms with van der Waals surface area (Å²) in [6, 6.07) is 12.3. The topological polar surface area (TPSA) is 79.2 Å². The number of hydrazine groups is 1. The van der Waals surface area contributed by atoms with Crippen molar-refractivity contribution >= 4 is 34.4 Å². The Hall–Kier alpha value is -2.67. The van der Waals surface area contributed by atoms with Crippen LogP contribution in [-0.2, 0) is 0 Å². The van der Waals surface area contributed by atoms with Crippen LogP contribution in [-0.4, -0.2) is 10.0 Å². The number of benzene rings is 2. The van der Waals surface area contributed by atoms with Crippen molar-refractivity contribution in [2.75, 3.05) is 10.7 Å². The zero-order valence-electron chi connectivity index (χ0n) is 12.2. The van der Waals surface area contributed by atoms with E-state index in [4.69, 9.17) is 12.2 Å². The highest BCUT2D eigenvalue weighted by molar-refractivity contribution is 7.80. The van der Waals surface area contributed by atoms with Gasteiger partial charge in [-0.05, 0) is 55.4 Å². The van der Waals surface area contributed by atoms with E-state index >= 15 is 0 Å². The Bertz CT molecular complexity index is 698. The molecule has 2 aromatic rings. The number of nitro benzene ring substituents is 1. The second kappa shape index (κ2) is 6.86. The summed E-state index contributed by atoms with van der Waals surface area (Å²) in [7, 11) is 0. The highest BCUT2D eigenvalue weighted by atomic mass is 32.1. The lowest BCUT2D eigenvalue weighted by Crippen LogP contribution is -2.33. The predicted molar refractivity (Wildman–Crippen MR) is 92.0 cm³/mol. The van der Waals surface area contributed by atoms with E-state index in [0.717, 1.165) is 16.8 Å². The molecule has 0 aromatic heterocycles. The Labute approximate surface area is 133 Å². The molecule has 0 spiro atoms. The van der Waals surface area contributed by atoms with Gasteiger partial charge in [0, 0.05) is 11.8 Å². The molecule has 0 aliphatic heterocycles. The van der Waals surface area contributed by atoms with Crippen molar-refractivity contribution in [1.29, 1.82) is 0 Å². The third-order valence-electron chi connectivity index (χ3n) is 2.89. The third-order valence-corrected chi connectivity index (χ3v) is 3.10.